The lowest BCUT2D eigenvalue weighted by molar-refractivity contribution is 0.437. The highest BCUT2D eigenvalue weighted by Gasteiger charge is 2.23. The second-order valence-corrected chi connectivity index (χ2v) is 8.22. The molecule has 2 aliphatic rings. The van der Waals surface area contributed by atoms with Gasteiger partial charge in [-0.3, -0.25) is 4.68 Å². The highest BCUT2D eigenvalue weighted by molar-refractivity contribution is 5.77. The molecule has 3 aromatic rings. The minimum Gasteiger partial charge on any atom is -0.367 e. The summed E-state index contributed by atoms with van der Waals surface area (Å²) in [6.07, 6.45) is 17.5. The Balaban J connectivity index is 1.60. The summed E-state index contributed by atoms with van der Waals surface area (Å²) in [6.45, 7) is 0. The zero-order valence-electron chi connectivity index (χ0n) is 16.1. The van der Waals surface area contributed by atoms with Crippen molar-refractivity contribution >= 4 is 11.5 Å². The van der Waals surface area contributed by atoms with Crippen LogP contribution in [0.15, 0.2) is 24.7 Å². The molecule has 0 spiro atoms. The van der Waals surface area contributed by atoms with E-state index in [0.29, 0.717) is 12.0 Å². The van der Waals surface area contributed by atoms with Crippen molar-refractivity contribution in [3.63, 3.8) is 0 Å². The van der Waals surface area contributed by atoms with Crippen LogP contribution in [0, 0.1) is 0 Å². The average Bonchev–Trinajstić information content (AvgIpc) is 3.43. The molecule has 0 bridgehead atoms. The van der Waals surface area contributed by atoms with E-state index in [1.54, 1.807) is 0 Å². The van der Waals surface area contributed by atoms with Gasteiger partial charge in [0.25, 0.3) is 0 Å². The predicted octanol–water partition coefficient (Wildman–Crippen LogP) is 4.53. The zero-order valence-corrected chi connectivity index (χ0v) is 16.1. The van der Waals surface area contributed by atoms with Gasteiger partial charge < -0.3 is 5.32 Å². The second kappa shape index (κ2) is 6.98. The van der Waals surface area contributed by atoms with Gasteiger partial charge in [0.1, 0.15) is 5.82 Å². The number of nitrogens with zero attached hydrogens (tertiary/aromatic N) is 5. The molecule has 2 fully saturated rings. The molecule has 1 N–H and O–H groups in total. The van der Waals surface area contributed by atoms with Crippen LogP contribution in [0.2, 0.25) is 0 Å². The number of hydrogen-bond acceptors (Lipinski definition) is 4. The van der Waals surface area contributed by atoms with Crippen molar-refractivity contribution in [3.05, 3.63) is 30.4 Å². The summed E-state index contributed by atoms with van der Waals surface area (Å²) in [7, 11) is 1.95. The molecule has 0 aromatic carbocycles. The number of hydrogen-bond donors (Lipinski definition) is 1. The molecule has 27 heavy (non-hydrogen) atoms. The third-order valence-electron chi connectivity index (χ3n) is 6.24. The summed E-state index contributed by atoms with van der Waals surface area (Å²) in [4.78, 5) is 5.10. The van der Waals surface area contributed by atoms with E-state index in [-0.39, 0.29) is 0 Å². The minimum atomic E-state index is 0.556. The Labute approximate surface area is 160 Å². The molecule has 6 heteroatoms. The molecule has 0 amide bonds. The maximum atomic E-state index is 5.10. The molecule has 2 aliphatic carbocycles. The Kier molecular flexibility index (Phi) is 4.34. The number of anilines is 1. The van der Waals surface area contributed by atoms with E-state index >= 15 is 0 Å². The number of fused-ring (bicyclic) bond motifs is 1. The van der Waals surface area contributed by atoms with Crippen LogP contribution >= 0.6 is 0 Å². The summed E-state index contributed by atoms with van der Waals surface area (Å²) < 4.78 is 3.83. The van der Waals surface area contributed by atoms with Crippen LogP contribution in [0.3, 0.4) is 0 Å². The molecule has 142 valence electrons. The first kappa shape index (κ1) is 16.8. The van der Waals surface area contributed by atoms with Gasteiger partial charge in [-0.15, -0.1) is 0 Å². The third kappa shape index (κ3) is 3.22. The number of nitrogens with one attached hydrogen (secondary N) is 1. The van der Waals surface area contributed by atoms with Gasteiger partial charge in [0.05, 0.1) is 12.4 Å². The van der Waals surface area contributed by atoms with Gasteiger partial charge in [0.15, 0.2) is 5.65 Å². The lowest BCUT2D eigenvalue weighted by Crippen LogP contribution is -2.18. The fourth-order valence-electron chi connectivity index (χ4n) is 4.74. The Morgan fingerprint density at radius 1 is 0.963 bits per heavy atom. The smallest absolute Gasteiger partial charge is 0.165 e. The van der Waals surface area contributed by atoms with Crippen molar-refractivity contribution in [2.24, 2.45) is 7.05 Å². The molecule has 0 radical (unpaired) electrons. The molecule has 0 atom stereocenters. The van der Waals surface area contributed by atoms with E-state index in [4.69, 9.17) is 4.98 Å². The van der Waals surface area contributed by atoms with Crippen molar-refractivity contribution in [2.45, 2.75) is 69.7 Å². The molecule has 3 heterocycles. The first-order valence-electron chi connectivity index (χ1n) is 10.4. The first-order valence-corrected chi connectivity index (χ1v) is 10.4. The fourth-order valence-corrected chi connectivity index (χ4v) is 4.74. The first-order chi connectivity index (χ1) is 13.3. The molecule has 0 aliphatic heterocycles. The van der Waals surface area contributed by atoms with Crippen molar-refractivity contribution in [1.82, 2.24) is 24.4 Å². The quantitative estimate of drug-likeness (QED) is 0.739. The Hall–Kier alpha value is -2.37. The topological polar surface area (TPSA) is 60.0 Å². The van der Waals surface area contributed by atoms with Crippen molar-refractivity contribution in [3.8, 4) is 11.1 Å². The van der Waals surface area contributed by atoms with Gasteiger partial charge in [-0.05, 0) is 25.7 Å². The van der Waals surface area contributed by atoms with Crippen molar-refractivity contribution in [2.75, 3.05) is 5.32 Å². The number of aromatic nitrogens is 5. The van der Waals surface area contributed by atoms with Crippen LogP contribution in [0.5, 0.6) is 0 Å². The standard InChI is InChI=1S/C21H28N6/c1-26-14-16(12-22-26)18-13-23-27-20(24-17-9-5-6-10-17)11-19(25-21(18)27)15-7-3-2-4-8-15/h11-15,17,24H,2-10H2,1H3. The summed E-state index contributed by atoms with van der Waals surface area (Å²) in [5, 5.41) is 12.8. The molecular weight excluding hydrogens is 336 g/mol. The van der Waals surface area contributed by atoms with Gasteiger partial charge in [-0.2, -0.15) is 14.7 Å². The Bertz CT molecular complexity index is 927. The van der Waals surface area contributed by atoms with Crippen molar-refractivity contribution < 1.29 is 0 Å². The van der Waals surface area contributed by atoms with Crippen molar-refractivity contribution in [1.29, 1.82) is 0 Å². The lowest BCUT2D eigenvalue weighted by Gasteiger charge is -2.23. The molecule has 2 saturated carbocycles. The monoisotopic (exact) mass is 364 g/mol. The maximum absolute atomic E-state index is 5.10. The molecular formula is C21H28N6. The third-order valence-corrected chi connectivity index (χ3v) is 6.24. The average molecular weight is 364 g/mol. The SMILES string of the molecule is Cn1cc(-c2cnn3c(NC4CCCC4)cc(C4CCCCC4)nc23)cn1. The summed E-state index contributed by atoms with van der Waals surface area (Å²) in [5.74, 6) is 1.67. The van der Waals surface area contributed by atoms with Gasteiger partial charge in [0.2, 0.25) is 0 Å². The molecule has 6 nitrogen and oxygen atoms in total. The van der Waals surface area contributed by atoms with Crippen LogP contribution in [-0.4, -0.2) is 30.4 Å². The highest BCUT2D eigenvalue weighted by atomic mass is 15.3. The zero-order chi connectivity index (χ0) is 18.2. The van der Waals surface area contributed by atoms with E-state index in [1.165, 1.54) is 63.5 Å². The minimum absolute atomic E-state index is 0.556. The Morgan fingerprint density at radius 3 is 2.48 bits per heavy atom. The van der Waals surface area contributed by atoms with E-state index in [0.717, 1.165) is 22.6 Å². The van der Waals surface area contributed by atoms with Crippen LogP contribution in [-0.2, 0) is 7.05 Å². The molecule has 3 aromatic heterocycles. The predicted molar refractivity (Wildman–Crippen MR) is 107 cm³/mol. The van der Waals surface area contributed by atoms with E-state index in [2.05, 4.69) is 21.6 Å². The number of rotatable bonds is 4. The molecule has 5 rings (SSSR count). The largest absolute Gasteiger partial charge is 0.367 e. The maximum Gasteiger partial charge on any atom is 0.165 e. The van der Waals surface area contributed by atoms with E-state index < -0.39 is 0 Å². The number of aryl methyl sites for hydroxylation is 1. The summed E-state index contributed by atoms with van der Waals surface area (Å²) >= 11 is 0. The van der Waals surface area contributed by atoms with Crippen LogP contribution in [0.25, 0.3) is 16.8 Å². The van der Waals surface area contributed by atoms with Crippen LogP contribution in [0.1, 0.15) is 69.4 Å². The molecule has 0 saturated heterocycles. The van der Waals surface area contributed by atoms with Gasteiger partial charge in [-0.1, -0.05) is 32.1 Å². The van der Waals surface area contributed by atoms with Gasteiger partial charge >= 0.3 is 0 Å². The summed E-state index contributed by atoms with van der Waals surface area (Å²) in [5.41, 5.74) is 4.32. The van der Waals surface area contributed by atoms with Crippen LogP contribution < -0.4 is 5.32 Å². The van der Waals surface area contributed by atoms with E-state index in [9.17, 15) is 0 Å². The van der Waals surface area contributed by atoms with Gasteiger partial charge in [-0.25, -0.2) is 4.98 Å². The normalized spacial score (nSPS) is 19.1. The second-order valence-electron chi connectivity index (χ2n) is 8.22. The lowest BCUT2D eigenvalue weighted by atomic mass is 9.87. The summed E-state index contributed by atoms with van der Waals surface area (Å²) in [6, 6.07) is 2.82. The van der Waals surface area contributed by atoms with Gasteiger partial charge in [0, 0.05) is 48.1 Å². The van der Waals surface area contributed by atoms with Crippen LogP contribution in [0.4, 0.5) is 5.82 Å². The van der Waals surface area contributed by atoms with E-state index in [1.807, 2.05) is 34.8 Å². The Morgan fingerprint density at radius 2 is 1.74 bits per heavy atom. The fraction of sp³-hybridized carbons (Fsp3) is 0.571. The highest BCUT2D eigenvalue weighted by Crippen LogP contribution is 2.35. The molecule has 0 unspecified atom stereocenters.